The molecule has 0 bridgehead atoms. The second-order valence-electron chi connectivity index (χ2n) is 4.22. The molecule has 0 saturated heterocycles. The number of carboxylic acid groups (broad SMARTS) is 1. The van der Waals surface area contributed by atoms with Crippen LogP contribution in [-0.2, 0) is 14.3 Å². The van der Waals surface area contributed by atoms with E-state index >= 15 is 0 Å². The summed E-state index contributed by atoms with van der Waals surface area (Å²) >= 11 is 0. The lowest BCUT2D eigenvalue weighted by Gasteiger charge is -2.16. The number of nitrogens with one attached hydrogen (secondary N) is 1. The van der Waals surface area contributed by atoms with Gasteiger partial charge in [0.1, 0.15) is 6.54 Å². The van der Waals surface area contributed by atoms with Crippen LogP contribution in [0.1, 0.15) is 32.1 Å². The number of hydrogen-bond donors (Lipinski definition) is 2. The highest BCUT2D eigenvalue weighted by molar-refractivity contribution is 5.80. The minimum absolute atomic E-state index is 0.0824. The second-order valence-corrected chi connectivity index (χ2v) is 4.22. The van der Waals surface area contributed by atoms with E-state index in [4.69, 9.17) is 5.11 Å². The highest BCUT2D eigenvalue weighted by atomic mass is 16.5. The molecule has 0 aromatic heterocycles. The lowest BCUT2D eigenvalue weighted by atomic mass is 10.1. The molecule has 2 N–H and O–H groups in total. The highest BCUT2D eigenvalue weighted by Gasteiger charge is 2.11. The number of aliphatic carboxylic acids is 1. The third kappa shape index (κ3) is 9.87. The summed E-state index contributed by atoms with van der Waals surface area (Å²) in [6.07, 6.45) is 3.34. The molecule has 7 nitrogen and oxygen atoms in total. The van der Waals surface area contributed by atoms with Crippen LogP contribution in [0.4, 0.5) is 4.79 Å². The quantitative estimate of drug-likeness (QED) is 0.479. The highest BCUT2D eigenvalue weighted by Crippen LogP contribution is 2.02. The number of ether oxygens (including phenoxy) is 1. The van der Waals surface area contributed by atoms with Crippen molar-refractivity contribution in [1.29, 1.82) is 0 Å². The van der Waals surface area contributed by atoms with Crippen molar-refractivity contribution in [2.45, 2.75) is 32.1 Å². The van der Waals surface area contributed by atoms with Crippen molar-refractivity contribution in [3.8, 4) is 0 Å². The Labute approximate surface area is 112 Å². The van der Waals surface area contributed by atoms with Gasteiger partial charge in [-0.15, -0.1) is 0 Å². The lowest BCUT2D eigenvalue weighted by molar-refractivity contribution is -0.141. The van der Waals surface area contributed by atoms with Gasteiger partial charge in [0.2, 0.25) is 0 Å². The van der Waals surface area contributed by atoms with Gasteiger partial charge in [0, 0.05) is 20.0 Å². The Hall–Kier alpha value is -1.79. The molecule has 0 rings (SSSR count). The fourth-order valence-electron chi connectivity index (χ4n) is 1.42. The zero-order valence-electron chi connectivity index (χ0n) is 11.5. The number of urea groups is 1. The molecule has 7 heteroatoms. The summed E-state index contributed by atoms with van der Waals surface area (Å²) in [4.78, 5) is 34.0. The molecule has 0 fully saturated rings. The minimum Gasteiger partial charge on any atom is -0.481 e. The summed E-state index contributed by atoms with van der Waals surface area (Å²) in [5.41, 5.74) is 0. The van der Waals surface area contributed by atoms with Crippen LogP contribution in [0, 0.1) is 0 Å². The molecule has 0 saturated carbocycles. The zero-order chi connectivity index (χ0) is 14.7. The van der Waals surface area contributed by atoms with Gasteiger partial charge >= 0.3 is 18.0 Å². The normalized spacial score (nSPS) is 9.79. The number of carbonyl (C=O) groups is 3. The van der Waals surface area contributed by atoms with E-state index in [9.17, 15) is 14.4 Å². The van der Waals surface area contributed by atoms with E-state index in [1.165, 1.54) is 19.1 Å². The fourth-order valence-corrected chi connectivity index (χ4v) is 1.42. The van der Waals surface area contributed by atoms with Crippen molar-refractivity contribution in [3.05, 3.63) is 0 Å². The molecule has 2 amide bonds. The largest absolute Gasteiger partial charge is 0.481 e. The van der Waals surface area contributed by atoms with Crippen molar-refractivity contribution in [1.82, 2.24) is 10.2 Å². The number of hydrogen-bond acceptors (Lipinski definition) is 4. The van der Waals surface area contributed by atoms with Gasteiger partial charge in [-0.05, 0) is 12.8 Å². The summed E-state index contributed by atoms with van der Waals surface area (Å²) in [6, 6.07) is -0.323. The summed E-state index contributed by atoms with van der Waals surface area (Å²) < 4.78 is 4.45. The van der Waals surface area contributed by atoms with Gasteiger partial charge in [-0.3, -0.25) is 9.59 Å². The van der Waals surface area contributed by atoms with Gasteiger partial charge in [0.25, 0.3) is 0 Å². The van der Waals surface area contributed by atoms with E-state index in [1.807, 2.05) is 0 Å². The lowest BCUT2D eigenvalue weighted by Crippen LogP contribution is -2.40. The van der Waals surface area contributed by atoms with Crippen molar-refractivity contribution in [3.63, 3.8) is 0 Å². The first-order valence-corrected chi connectivity index (χ1v) is 6.25. The van der Waals surface area contributed by atoms with Crippen LogP contribution in [0.5, 0.6) is 0 Å². The second kappa shape index (κ2) is 10.2. The molecule has 19 heavy (non-hydrogen) atoms. The predicted octanol–water partition coefficient (Wildman–Crippen LogP) is 0.836. The molecule has 0 unspecified atom stereocenters. The molecule has 0 radical (unpaired) electrons. The Morgan fingerprint density at radius 1 is 1.16 bits per heavy atom. The van der Waals surface area contributed by atoms with Crippen LogP contribution < -0.4 is 5.32 Å². The molecule has 0 aromatic carbocycles. The smallest absolute Gasteiger partial charge is 0.325 e. The number of likely N-dealkylation sites (N-methyl/N-ethyl adjacent to an activating group) is 1. The van der Waals surface area contributed by atoms with Crippen LogP contribution in [0.15, 0.2) is 0 Å². The monoisotopic (exact) mass is 274 g/mol. The minimum atomic E-state index is -0.780. The number of carbonyl (C=O) groups excluding carboxylic acids is 2. The van der Waals surface area contributed by atoms with Crippen molar-refractivity contribution in [2.24, 2.45) is 0 Å². The van der Waals surface area contributed by atoms with E-state index in [0.29, 0.717) is 13.0 Å². The number of rotatable bonds is 9. The van der Waals surface area contributed by atoms with Crippen LogP contribution in [0.2, 0.25) is 0 Å². The van der Waals surface area contributed by atoms with E-state index in [2.05, 4.69) is 10.1 Å². The van der Waals surface area contributed by atoms with Crippen molar-refractivity contribution >= 4 is 18.0 Å². The van der Waals surface area contributed by atoms with Gasteiger partial charge in [0.05, 0.1) is 7.11 Å². The van der Waals surface area contributed by atoms with E-state index in [0.717, 1.165) is 19.3 Å². The van der Waals surface area contributed by atoms with Gasteiger partial charge < -0.3 is 20.1 Å². The Balaban J connectivity index is 3.52. The molecular weight excluding hydrogens is 252 g/mol. The molecule has 0 heterocycles. The first kappa shape index (κ1) is 17.2. The van der Waals surface area contributed by atoms with Gasteiger partial charge in [-0.2, -0.15) is 0 Å². The van der Waals surface area contributed by atoms with Gasteiger partial charge in [0.15, 0.2) is 0 Å². The topological polar surface area (TPSA) is 95.9 Å². The Morgan fingerprint density at radius 2 is 1.79 bits per heavy atom. The number of methoxy groups -OCH3 is 1. The summed E-state index contributed by atoms with van der Waals surface area (Å²) in [6.45, 7) is 0.429. The van der Waals surface area contributed by atoms with Gasteiger partial charge in [-0.1, -0.05) is 12.8 Å². The molecule has 0 aliphatic carbocycles. The molecule has 0 aliphatic heterocycles. The molecule has 0 aromatic rings. The number of unbranched alkanes of at least 4 members (excludes halogenated alkanes) is 3. The maximum absolute atomic E-state index is 11.5. The van der Waals surface area contributed by atoms with Crippen LogP contribution >= 0.6 is 0 Å². The summed E-state index contributed by atoms with van der Waals surface area (Å²) in [5.74, 6) is -1.25. The maximum Gasteiger partial charge on any atom is 0.325 e. The van der Waals surface area contributed by atoms with E-state index < -0.39 is 11.9 Å². The van der Waals surface area contributed by atoms with Crippen LogP contribution in [-0.4, -0.2) is 55.2 Å². The standard InChI is InChI=1S/C12H22N2O5/c1-14(9-11(17)19-2)12(18)13-8-6-4-3-5-7-10(15)16/h3-9H2,1-2H3,(H,13,18)(H,15,16). The first-order chi connectivity index (χ1) is 8.97. The SMILES string of the molecule is COC(=O)CN(C)C(=O)NCCCCCCC(=O)O. The summed E-state index contributed by atoms with van der Waals surface area (Å²) in [7, 11) is 2.78. The first-order valence-electron chi connectivity index (χ1n) is 6.25. The van der Waals surface area contributed by atoms with Crippen LogP contribution in [0.25, 0.3) is 0 Å². The van der Waals surface area contributed by atoms with E-state index in [-0.39, 0.29) is 19.0 Å². The van der Waals surface area contributed by atoms with Crippen LogP contribution in [0.3, 0.4) is 0 Å². The molecule has 0 aliphatic rings. The maximum atomic E-state index is 11.5. The molecule has 0 spiro atoms. The Bertz CT molecular complexity index is 306. The van der Waals surface area contributed by atoms with E-state index in [1.54, 1.807) is 0 Å². The third-order valence-corrected chi connectivity index (χ3v) is 2.53. The molecule has 110 valence electrons. The average molecular weight is 274 g/mol. The van der Waals surface area contributed by atoms with Gasteiger partial charge in [-0.25, -0.2) is 4.79 Å². The molecular formula is C12H22N2O5. The number of nitrogens with zero attached hydrogens (tertiary/aromatic N) is 1. The number of carboxylic acids is 1. The zero-order valence-corrected chi connectivity index (χ0v) is 11.5. The fraction of sp³-hybridized carbons (Fsp3) is 0.750. The van der Waals surface area contributed by atoms with Crippen molar-refractivity contribution in [2.75, 3.05) is 27.2 Å². The average Bonchev–Trinajstić information content (AvgIpc) is 2.36. The Morgan fingerprint density at radius 3 is 2.37 bits per heavy atom. The number of amides is 2. The Kier molecular flexibility index (Phi) is 9.20. The third-order valence-electron chi connectivity index (χ3n) is 2.53. The number of esters is 1. The summed E-state index contributed by atoms with van der Waals surface area (Å²) in [5, 5.41) is 11.1. The predicted molar refractivity (Wildman–Crippen MR) is 68.8 cm³/mol. The molecule has 0 atom stereocenters. The van der Waals surface area contributed by atoms with Crippen molar-refractivity contribution < 1.29 is 24.2 Å².